The summed E-state index contributed by atoms with van der Waals surface area (Å²) in [6, 6.07) is 3.74. The van der Waals surface area contributed by atoms with Crippen molar-refractivity contribution < 1.29 is 9.15 Å². The lowest BCUT2D eigenvalue weighted by atomic mass is 10.2. The van der Waals surface area contributed by atoms with Crippen molar-refractivity contribution in [2.75, 3.05) is 0 Å². The van der Waals surface area contributed by atoms with Crippen LogP contribution >= 0.6 is 0 Å². The van der Waals surface area contributed by atoms with E-state index in [1.165, 1.54) is 0 Å². The van der Waals surface area contributed by atoms with Crippen LogP contribution in [0.3, 0.4) is 0 Å². The molecule has 0 radical (unpaired) electrons. The minimum Gasteiger partial charge on any atom is -0.483 e. The molecule has 1 aromatic heterocycles. The number of furan rings is 1. The van der Waals surface area contributed by atoms with E-state index in [-0.39, 0.29) is 6.10 Å². The molecule has 0 saturated carbocycles. The Hall–Kier alpha value is -1.44. The maximum atomic E-state index is 5.51. The van der Waals surface area contributed by atoms with Gasteiger partial charge in [-0.1, -0.05) is 6.08 Å². The number of rotatable bonds is 1. The van der Waals surface area contributed by atoms with Gasteiger partial charge in [-0.05, 0) is 31.2 Å². The second kappa shape index (κ2) is 2.89. The van der Waals surface area contributed by atoms with Crippen molar-refractivity contribution in [2.45, 2.75) is 13.0 Å². The van der Waals surface area contributed by atoms with Crippen LogP contribution in [0.1, 0.15) is 12.7 Å². The fourth-order valence-electron chi connectivity index (χ4n) is 1.14. The van der Waals surface area contributed by atoms with E-state index in [1.54, 1.807) is 6.26 Å². The topological polar surface area (TPSA) is 22.4 Å². The van der Waals surface area contributed by atoms with Crippen molar-refractivity contribution in [1.82, 2.24) is 0 Å². The van der Waals surface area contributed by atoms with Crippen molar-refractivity contribution in [3.05, 3.63) is 42.4 Å². The molecule has 0 spiro atoms. The molecule has 62 valence electrons. The van der Waals surface area contributed by atoms with Gasteiger partial charge in [0.15, 0.2) is 11.5 Å². The molecule has 1 aliphatic heterocycles. The maximum Gasteiger partial charge on any atom is 0.168 e. The summed E-state index contributed by atoms with van der Waals surface area (Å²) in [6.45, 7) is 1.99. The quantitative estimate of drug-likeness (QED) is 0.633. The molecule has 1 aromatic rings. The summed E-state index contributed by atoms with van der Waals surface area (Å²) < 4.78 is 10.7. The first-order valence-corrected chi connectivity index (χ1v) is 3.95. The Kier molecular flexibility index (Phi) is 1.74. The third-order valence-electron chi connectivity index (χ3n) is 1.71. The molecule has 0 aliphatic carbocycles. The normalized spacial score (nSPS) is 21.8. The fraction of sp³-hybridized carbons (Fsp3) is 0.200. The Morgan fingerprint density at radius 1 is 1.42 bits per heavy atom. The predicted octanol–water partition coefficient (Wildman–Crippen LogP) is 2.60. The minimum atomic E-state index is 0.134. The van der Waals surface area contributed by atoms with E-state index in [4.69, 9.17) is 9.15 Å². The molecule has 0 N–H and O–H groups in total. The van der Waals surface area contributed by atoms with E-state index < -0.39 is 0 Å². The zero-order valence-corrected chi connectivity index (χ0v) is 6.86. The van der Waals surface area contributed by atoms with E-state index in [9.17, 15) is 0 Å². The summed E-state index contributed by atoms with van der Waals surface area (Å²) in [7, 11) is 0. The molecule has 0 bridgehead atoms. The van der Waals surface area contributed by atoms with Gasteiger partial charge in [0, 0.05) is 0 Å². The van der Waals surface area contributed by atoms with E-state index >= 15 is 0 Å². The predicted molar refractivity (Wildman–Crippen MR) is 46.4 cm³/mol. The van der Waals surface area contributed by atoms with Crippen molar-refractivity contribution in [1.29, 1.82) is 0 Å². The maximum absolute atomic E-state index is 5.51. The van der Waals surface area contributed by atoms with E-state index in [0.29, 0.717) is 0 Å². The first-order chi connectivity index (χ1) is 5.86. The SMILES string of the molecule is CC1C=CC=C(c2ccco2)O1. The molecule has 12 heavy (non-hydrogen) atoms. The molecule has 2 nitrogen and oxygen atoms in total. The largest absolute Gasteiger partial charge is 0.483 e. The van der Waals surface area contributed by atoms with Crippen LogP contribution in [0.5, 0.6) is 0 Å². The van der Waals surface area contributed by atoms with Crippen LogP contribution in [0.25, 0.3) is 5.76 Å². The zero-order chi connectivity index (χ0) is 8.39. The van der Waals surface area contributed by atoms with Crippen LogP contribution in [0, 0.1) is 0 Å². The number of hydrogen-bond acceptors (Lipinski definition) is 2. The Labute approximate surface area is 71.1 Å². The van der Waals surface area contributed by atoms with Gasteiger partial charge < -0.3 is 9.15 Å². The standard InChI is InChI=1S/C10H10O2/c1-8-4-2-5-10(12-8)9-6-3-7-11-9/h2-8H,1H3. The van der Waals surface area contributed by atoms with Crippen molar-refractivity contribution in [3.63, 3.8) is 0 Å². The van der Waals surface area contributed by atoms with Gasteiger partial charge in [0.1, 0.15) is 6.10 Å². The molecule has 0 amide bonds. The van der Waals surface area contributed by atoms with Crippen molar-refractivity contribution >= 4 is 5.76 Å². The molecular weight excluding hydrogens is 152 g/mol. The highest BCUT2D eigenvalue weighted by Gasteiger charge is 2.10. The van der Waals surface area contributed by atoms with Crippen LogP contribution in [-0.4, -0.2) is 6.10 Å². The molecule has 0 aromatic carbocycles. The molecule has 2 heteroatoms. The van der Waals surface area contributed by atoms with Crippen LogP contribution < -0.4 is 0 Å². The van der Waals surface area contributed by atoms with Gasteiger partial charge in [0.2, 0.25) is 0 Å². The monoisotopic (exact) mass is 162 g/mol. The first-order valence-electron chi connectivity index (χ1n) is 3.95. The van der Waals surface area contributed by atoms with Gasteiger partial charge in [-0.2, -0.15) is 0 Å². The molecule has 0 fully saturated rings. The smallest absolute Gasteiger partial charge is 0.168 e. The van der Waals surface area contributed by atoms with Gasteiger partial charge in [0.05, 0.1) is 6.26 Å². The summed E-state index contributed by atoms with van der Waals surface area (Å²) in [5.74, 6) is 1.58. The van der Waals surface area contributed by atoms with Crippen molar-refractivity contribution in [3.8, 4) is 0 Å². The van der Waals surface area contributed by atoms with E-state index in [0.717, 1.165) is 11.5 Å². The molecule has 1 unspecified atom stereocenters. The Morgan fingerprint density at radius 2 is 2.33 bits per heavy atom. The lowest BCUT2D eigenvalue weighted by Crippen LogP contribution is -2.05. The first kappa shape index (κ1) is 7.22. The van der Waals surface area contributed by atoms with E-state index in [2.05, 4.69) is 0 Å². The summed E-state index contributed by atoms with van der Waals surface area (Å²) >= 11 is 0. The molecule has 1 atom stereocenters. The van der Waals surface area contributed by atoms with Crippen LogP contribution in [0.4, 0.5) is 0 Å². The fourth-order valence-corrected chi connectivity index (χ4v) is 1.14. The summed E-state index contributed by atoms with van der Waals surface area (Å²) in [5, 5.41) is 0. The zero-order valence-electron chi connectivity index (χ0n) is 6.86. The van der Waals surface area contributed by atoms with Crippen LogP contribution in [0.2, 0.25) is 0 Å². The Bertz CT molecular complexity index is 307. The summed E-state index contributed by atoms with van der Waals surface area (Å²) in [4.78, 5) is 0. The third-order valence-corrected chi connectivity index (χ3v) is 1.71. The second-order valence-corrected chi connectivity index (χ2v) is 2.72. The van der Waals surface area contributed by atoms with Crippen LogP contribution in [0.15, 0.2) is 41.0 Å². The highest BCUT2D eigenvalue weighted by molar-refractivity contribution is 5.58. The Balaban J connectivity index is 2.26. The average Bonchev–Trinajstić information content (AvgIpc) is 2.56. The van der Waals surface area contributed by atoms with Gasteiger partial charge in [-0.3, -0.25) is 0 Å². The lowest BCUT2D eigenvalue weighted by molar-refractivity contribution is 0.219. The van der Waals surface area contributed by atoms with Gasteiger partial charge in [-0.25, -0.2) is 0 Å². The minimum absolute atomic E-state index is 0.134. The summed E-state index contributed by atoms with van der Waals surface area (Å²) in [6.07, 6.45) is 7.65. The van der Waals surface area contributed by atoms with Crippen LogP contribution in [-0.2, 0) is 4.74 Å². The van der Waals surface area contributed by atoms with E-state index in [1.807, 2.05) is 37.3 Å². The number of hydrogen-bond donors (Lipinski definition) is 0. The number of allylic oxidation sites excluding steroid dienone is 2. The van der Waals surface area contributed by atoms with Gasteiger partial charge in [0.25, 0.3) is 0 Å². The molecule has 1 aliphatic rings. The Morgan fingerprint density at radius 3 is 3.00 bits per heavy atom. The van der Waals surface area contributed by atoms with Gasteiger partial charge >= 0.3 is 0 Å². The summed E-state index contributed by atoms with van der Waals surface area (Å²) in [5.41, 5.74) is 0. The third kappa shape index (κ3) is 1.28. The molecule has 2 rings (SSSR count). The molecule has 2 heterocycles. The van der Waals surface area contributed by atoms with Crippen molar-refractivity contribution in [2.24, 2.45) is 0 Å². The highest BCUT2D eigenvalue weighted by Crippen LogP contribution is 2.21. The molecular formula is C10H10O2. The lowest BCUT2D eigenvalue weighted by Gasteiger charge is -2.15. The second-order valence-electron chi connectivity index (χ2n) is 2.72. The number of ether oxygens (including phenoxy) is 1. The molecule has 0 saturated heterocycles. The average molecular weight is 162 g/mol. The van der Waals surface area contributed by atoms with Gasteiger partial charge in [-0.15, -0.1) is 0 Å². The highest BCUT2D eigenvalue weighted by atomic mass is 16.5.